The molecule has 0 aromatic rings. The van der Waals surface area contributed by atoms with Crippen LogP contribution in [0.25, 0.3) is 0 Å². The molecule has 0 bridgehead atoms. The summed E-state index contributed by atoms with van der Waals surface area (Å²) in [7, 11) is 1.44. The molecular formula is C15H30O4. The van der Waals surface area contributed by atoms with Crippen molar-refractivity contribution in [2.75, 3.05) is 26.9 Å². The maximum Gasteiger partial charge on any atom is 0.305 e. The Hall–Kier alpha value is -0.610. The highest BCUT2D eigenvalue weighted by Gasteiger charge is 1.99. The highest BCUT2D eigenvalue weighted by atomic mass is 16.5. The number of esters is 1. The van der Waals surface area contributed by atoms with Crippen LogP contribution in [0.3, 0.4) is 0 Å². The second kappa shape index (κ2) is 13.8. The van der Waals surface area contributed by atoms with Gasteiger partial charge in [-0.3, -0.25) is 4.79 Å². The number of carbonyl (C=O) groups is 1. The third kappa shape index (κ3) is 13.6. The monoisotopic (exact) mass is 274 g/mol. The lowest BCUT2D eigenvalue weighted by atomic mass is 10.1. The average Bonchev–Trinajstić information content (AvgIpc) is 2.43. The fourth-order valence-corrected chi connectivity index (χ4v) is 1.63. The van der Waals surface area contributed by atoms with Crippen molar-refractivity contribution >= 4 is 5.97 Å². The van der Waals surface area contributed by atoms with Crippen molar-refractivity contribution < 1.29 is 19.0 Å². The Morgan fingerprint density at radius 1 is 1.00 bits per heavy atom. The summed E-state index contributed by atoms with van der Waals surface area (Å²) in [5, 5.41) is 0. The minimum Gasteiger partial charge on any atom is -0.469 e. The number of carbonyl (C=O) groups excluding carboxylic acids is 1. The highest BCUT2D eigenvalue weighted by molar-refractivity contribution is 5.68. The molecule has 4 heteroatoms. The van der Waals surface area contributed by atoms with Gasteiger partial charge in [0.1, 0.15) is 0 Å². The van der Waals surface area contributed by atoms with Crippen LogP contribution < -0.4 is 0 Å². The van der Waals surface area contributed by atoms with Gasteiger partial charge in [0.05, 0.1) is 26.4 Å². The van der Waals surface area contributed by atoms with E-state index >= 15 is 0 Å². The van der Waals surface area contributed by atoms with Gasteiger partial charge in [-0.1, -0.05) is 26.2 Å². The van der Waals surface area contributed by atoms with E-state index in [4.69, 9.17) is 9.47 Å². The van der Waals surface area contributed by atoms with Crippen LogP contribution in [0, 0.1) is 0 Å². The average molecular weight is 274 g/mol. The van der Waals surface area contributed by atoms with Crippen LogP contribution in [0.1, 0.15) is 58.8 Å². The van der Waals surface area contributed by atoms with E-state index in [0.29, 0.717) is 25.7 Å². The molecule has 0 saturated carbocycles. The Kier molecular flexibility index (Phi) is 13.4. The Morgan fingerprint density at radius 3 is 2.37 bits per heavy atom. The fourth-order valence-electron chi connectivity index (χ4n) is 1.63. The van der Waals surface area contributed by atoms with Crippen LogP contribution in [0.2, 0.25) is 0 Å². The van der Waals surface area contributed by atoms with Crippen molar-refractivity contribution in [3.05, 3.63) is 0 Å². The summed E-state index contributed by atoms with van der Waals surface area (Å²) in [6.07, 6.45) is 7.34. The van der Waals surface area contributed by atoms with Crippen LogP contribution in [-0.4, -0.2) is 39.0 Å². The minimum atomic E-state index is -0.107. The Balaban J connectivity index is 3.05. The third-order valence-electron chi connectivity index (χ3n) is 3.10. The van der Waals surface area contributed by atoms with Gasteiger partial charge in [-0.05, 0) is 26.2 Å². The molecule has 0 N–H and O–H groups in total. The smallest absolute Gasteiger partial charge is 0.305 e. The van der Waals surface area contributed by atoms with E-state index < -0.39 is 0 Å². The predicted octanol–water partition coefficient (Wildman–Crippen LogP) is 3.33. The van der Waals surface area contributed by atoms with Crippen LogP contribution >= 0.6 is 0 Å². The molecule has 0 saturated heterocycles. The minimum absolute atomic E-state index is 0.107. The van der Waals surface area contributed by atoms with Gasteiger partial charge in [-0.25, -0.2) is 0 Å². The molecule has 0 fully saturated rings. The second-order valence-corrected chi connectivity index (χ2v) is 4.80. The van der Waals surface area contributed by atoms with Gasteiger partial charge in [0.15, 0.2) is 0 Å². The molecule has 0 aliphatic rings. The van der Waals surface area contributed by atoms with Crippen molar-refractivity contribution in [1.29, 1.82) is 0 Å². The van der Waals surface area contributed by atoms with Crippen molar-refractivity contribution in [2.24, 2.45) is 0 Å². The summed E-state index contributed by atoms with van der Waals surface area (Å²) < 4.78 is 15.6. The van der Waals surface area contributed by atoms with Crippen LogP contribution in [-0.2, 0) is 19.0 Å². The largest absolute Gasteiger partial charge is 0.469 e. The van der Waals surface area contributed by atoms with E-state index in [0.717, 1.165) is 45.1 Å². The number of rotatable bonds is 13. The summed E-state index contributed by atoms with van der Waals surface area (Å²) in [5.74, 6) is -0.107. The first-order valence-corrected chi connectivity index (χ1v) is 7.46. The Labute approximate surface area is 117 Å². The van der Waals surface area contributed by atoms with Crippen LogP contribution in [0.4, 0.5) is 0 Å². The van der Waals surface area contributed by atoms with Gasteiger partial charge in [0.2, 0.25) is 0 Å². The van der Waals surface area contributed by atoms with Crippen LogP contribution in [0.15, 0.2) is 0 Å². The summed E-state index contributed by atoms with van der Waals surface area (Å²) in [4.78, 5) is 10.9. The first kappa shape index (κ1) is 18.4. The number of ether oxygens (including phenoxy) is 3. The summed E-state index contributed by atoms with van der Waals surface area (Å²) in [5.41, 5.74) is 0. The lowest BCUT2D eigenvalue weighted by Crippen LogP contribution is -2.12. The molecule has 0 amide bonds. The lowest BCUT2D eigenvalue weighted by Gasteiger charge is -2.10. The first-order chi connectivity index (χ1) is 9.20. The lowest BCUT2D eigenvalue weighted by molar-refractivity contribution is -0.140. The molecule has 4 nitrogen and oxygen atoms in total. The number of hydrogen-bond acceptors (Lipinski definition) is 4. The molecule has 0 radical (unpaired) electrons. The topological polar surface area (TPSA) is 44.8 Å². The molecule has 114 valence electrons. The van der Waals surface area contributed by atoms with E-state index in [2.05, 4.69) is 18.6 Å². The molecule has 0 heterocycles. The van der Waals surface area contributed by atoms with E-state index in [1.165, 1.54) is 7.11 Å². The third-order valence-corrected chi connectivity index (χ3v) is 3.10. The van der Waals surface area contributed by atoms with Gasteiger partial charge in [-0.2, -0.15) is 0 Å². The molecule has 0 aliphatic heterocycles. The van der Waals surface area contributed by atoms with E-state index in [9.17, 15) is 4.79 Å². The molecule has 0 aromatic carbocycles. The SMILES string of the molecule is CCC(C)OCCOCCCCCCCC(=O)OC. The molecular weight excluding hydrogens is 244 g/mol. The van der Waals surface area contributed by atoms with Crippen molar-refractivity contribution in [1.82, 2.24) is 0 Å². The van der Waals surface area contributed by atoms with Crippen molar-refractivity contribution in [3.63, 3.8) is 0 Å². The molecule has 0 aliphatic carbocycles. The van der Waals surface area contributed by atoms with Gasteiger partial charge in [0, 0.05) is 13.0 Å². The van der Waals surface area contributed by atoms with E-state index in [1.807, 2.05) is 0 Å². The number of hydrogen-bond donors (Lipinski definition) is 0. The van der Waals surface area contributed by atoms with Gasteiger partial charge < -0.3 is 14.2 Å². The molecule has 1 unspecified atom stereocenters. The van der Waals surface area contributed by atoms with Crippen molar-refractivity contribution in [3.8, 4) is 0 Å². The maximum absolute atomic E-state index is 10.9. The summed E-state index contributed by atoms with van der Waals surface area (Å²) in [6, 6.07) is 0. The summed E-state index contributed by atoms with van der Waals surface area (Å²) >= 11 is 0. The predicted molar refractivity (Wildman–Crippen MR) is 76.2 cm³/mol. The van der Waals surface area contributed by atoms with E-state index in [-0.39, 0.29) is 5.97 Å². The first-order valence-electron chi connectivity index (χ1n) is 7.46. The van der Waals surface area contributed by atoms with Gasteiger partial charge in [0.25, 0.3) is 0 Å². The zero-order valence-corrected chi connectivity index (χ0v) is 12.8. The molecule has 0 spiro atoms. The quantitative estimate of drug-likeness (QED) is 0.382. The number of methoxy groups -OCH3 is 1. The fraction of sp³-hybridized carbons (Fsp3) is 0.933. The zero-order valence-electron chi connectivity index (χ0n) is 12.8. The molecule has 19 heavy (non-hydrogen) atoms. The molecule has 0 rings (SSSR count). The second-order valence-electron chi connectivity index (χ2n) is 4.80. The molecule has 1 atom stereocenters. The zero-order chi connectivity index (χ0) is 14.3. The Bertz CT molecular complexity index is 206. The van der Waals surface area contributed by atoms with Gasteiger partial charge in [-0.15, -0.1) is 0 Å². The molecule has 0 aromatic heterocycles. The maximum atomic E-state index is 10.9. The van der Waals surface area contributed by atoms with Gasteiger partial charge >= 0.3 is 5.97 Å². The van der Waals surface area contributed by atoms with Crippen LogP contribution in [0.5, 0.6) is 0 Å². The van der Waals surface area contributed by atoms with E-state index in [1.54, 1.807) is 0 Å². The Morgan fingerprint density at radius 2 is 1.68 bits per heavy atom. The highest BCUT2D eigenvalue weighted by Crippen LogP contribution is 2.06. The standard InChI is InChI=1S/C15H30O4/c1-4-14(2)19-13-12-18-11-9-7-5-6-8-10-15(16)17-3/h14H,4-13H2,1-3H3. The normalized spacial score (nSPS) is 12.4. The number of unbranched alkanes of at least 4 members (excludes halogenated alkanes) is 4. The summed E-state index contributed by atoms with van der Waals surface area (Å²) in [6.45, 7) is 6.38. The van der Waals surface area contributed by atoms with Crippen molar-refractivity contribution in [2.45, 2.75) is 64.9 Å².